The lowest BCUT2D eigenvalue weighted by Gasteiger charge is -2.29. The van der Waals surface area contributed by atoms with E-state index >= 15 is 0 Å². The zero-order chi connectivity index (χ0) is 106. The normalized spacial score (nSPS) is 15.6. The second-order valence-corrected chi connectivity index (χ2v) is 38.7. The topological polar surface area (TPSA) is 592 Å². The molecule has 2 saturated carbocycles. The van der Waals surface area contributed by atoms with Crippen LogP contribution in [0.3, 0.4) is 0 Å². The number of ether oxygens (including phenoxy) is 8. The van der Waals surface area contributed by atoms with Crippen LogP contribution in [0.15, 0.2) is 0 Å². The fraction of sp³-hybridized carbons (Fsp3) is 0.845. The molecule has 10 amide bonds. The van der Waals surface area contributed by atoms with E-state index < -0.39 is 83.5 Å². The molecule has 2 aliphatic rings. The van der Waals surface area contributed by atoms with Gasteiger partial charge in [-0.05, 0) is 147 Å². The van der Waals surface area contributed by atoms with E-state index in [1.165, 1.54) is 128 Å². The van der Waals surface area contributed by atoms with Gasteiger partial charge in [-0.25, -0.2) is 9.59 Å². The molecular formula is C103H185N12O29P. The zero-order valence-electron chi connectivity index (χ0n) is 87.0. The first-order valence-electron chi connectivity index (χ1n) is 54.4. The van der Waals surface area contributed by atoms with Gasteiger partial charge in [-0.3, -0.25) is 67.4 Å². The largest absolute Gasteiger partial charge is 0.481 e. The lowest BCUT2D eigenvalue weighted by molar-refractivity contribution is -0.143. The minimum atomic E-state index is -1.24. The van der Waals surface area contributed by atoms with Crippen LogP contribution in [0.25, 0.3) is 0 Å². The molecule has 0 heterocycles. The molecule has 0 spiro atoms. The number of aldehydes is 1. The van der Waals surface area contributed by atoms with Gasteiger partial charge in [0.25, 0.3) is 0 Å². The number of rotatable bonds is 102. The fourth-order valence-electron chi connectivity index (χ4n) is 17.2. The molecule has 836 valence electrons. The maximum atomic E-state index is 13.3. The van der Waals surface area contributed by atoms with E-state index in [2.05, 4.69) is 73.0 Å². The molecular weight excluding hydrogens is 1900 g/mol. The highest BCUT2D eigenvalue weighted by molar-refractivity contribution is 7.13. The minimum Gasteiger partial charge on any atom is -0.481 e. The molecule has 0 aliphatic heterocycles. The Kier molecular flexibility index (Phi) is 85.2. The lowest BCUT2D eigenvalue weighted by atomic mass is 9.81. The molecule has 2 aliphatic carbocycles. The van der Waals surface area contributed by atoms with Crippen molar-refractivity contribution in [3.63, 3.8) is 0 Å². The van der Waals surface area contributed by atoms with Crippen LogP contribution in [0.4, 0.5) is 0 Å². The molecule has 2 unspecified atom stereocenters. The van der Waals surface area contributed by atoms with Crippen LogP contribution >= 0.6 is 9.39 Å². The van der Waals surface area contributed by atoms with Gasteiger partial charge >= 0.3 is 29.8 Å². The number of unbranched alkanes of at least 4 members (excludes halogenated alkanes) is 31. The number of carbonyl (C=O) groups excluding carboxylic acids is 11. The Labute approximate surface area is 862 Å². The molecule has 0 saturated heterocycles. The van der Waals surface area contributed by atoms with Crippen LogP contribution < -0.4 is 63.6 Å². The summed E-state index contributed by atoms with van der Waals surface area (Å²) < 4.78 is 43.6. The third-order valence-electron chi connectivity index (χ3n) is 25.9. The molecule has 0 aromatic heterocycles. The summed E-state index contributed by atoms with van der Waals surface area (Å²) in [5.74, 6) is -8.60. The van der Waals surface area contributed by atoms with Crippen molar-refractivity contribution >= 4 is 105 Å². The lowest BCUT2D eigenvalue weighted by Crippen LogP contribution is -2.48. The van der Waals surface area contributed by atoms with Gasteiger partial charge in [-0.1, -0.05) is 189 Å². The number of nitrogens with one attached hydrogen (secondary N) is 12. The summed E-state index contributed by atoms with van der Waals surface area (Å²) in [6, 6.07) is -4.17. The highest BCUT2D eigenvalue weighted by atomic mass is 31.0. The van der Waals surface area contributed by atoms with Crippen molar-refractivity contribution in [3.05, 3.63) is 0 Å². The van der Waals surface area contributed by atoms with E-state index in [4.69, 9.17) is 48.1 Å². The highest BCUT2D eigenvalue weighted by Crippen LogP contribution is 2.31. The molecule has 2 fully saturated rings. The van der Waals surface area contributed by atoms with Gasteiger partial charge in [0.05, 0.1) is 79.3 Å². The Balaban J connectivity index is 1.47. The standard InChI is InChI=1S/C103H185N12O29P/c116-75-82(36-28-24-20-16-12-8-4-3-7-11-15-19-23-27-31-41-97(126)127)73-104-72-80-42-46-83(47-43-80)98(128)113-86(101(131)132)50-52-90(118)106-56-60-137-64-69-142-77-93(121)108-58-62-139-66-68-141-76-92(120)105-54-34-32-37-85(100(130)110-55-35-33-38-88(115-145)103(135)136)112-95(123)79-144-71-67-140-63-59-109-94(122)78-143-70-65-138-61-57-107-91(119)53-51-87(102(133)134)114-99(129)84-48-44-81(45-49-84)74-111-89(117)39-29-25-21-17-13-9-5-1-2-6-10-14-18-22-26-30-40-96(124)125/h75,80-88,104,115H,1-74,76-79,145H2,(H,105,120)(H,106,118)(H,107,119)(H,108,121)(H,109,122)(H,110,130)(H,111,117)(H,112,123)(H,113,128)(H,114,129)(H,124,125)(H,126,127)(H,131,132)(H,133,134)(H,135,136)/t80-,81-,82?,83-,84-,85-,86-,87-,88-/m0/s1. The van der Waals surface area contributed by atoms with Gasteiger partial charge in [-0.2, -0.15) is 0 Å². The van der Waals surface area contributed by atoms with Crippen molar-refractivity contribution in [3.8, 4) is 0 Å². The summed E-state index contributed by atoms with van der Waals surface area (Å²) in [6.45, 7) is 3.27. The average molecular weight is 2090 g/mol. The fourth-order valence-corrected chi connectivity index (χ4v) is 17.5. The molecule has 0 aromatic rings. The van der Waals surface area contributed by atoms with Crippen LogP contribution in [0.1, 0.15) is 340 Å². The number of carboxylic acids is 5. The Hall–Kier alpha value is -8.25. The number of amides is 10. The maximum absolute atomic E-state index is 13.3. The Morgan fingerprint density at radius 1 is 0.269 bits per heavy atom. The summed E-state index contributed by atoms with van der Waals surface area (Å²) in [5, 5.41) is 79.8. The molecule has 42 heteroatoms. The van der Waals surface area contributed by atoms with Gasteiger partial charge in [0, 0.05) is 102 Å². The average Bonchev–Trinajstić information content (AvgIpc) is 0.869. The van der Waals surface area contributed by atoms with E-state index in [1.807, 2.05) is 0 Å². The van der Waals surface area contributed by atoms with Gasteiger partial charge in [0.2, 0.25) is 59.1 Å². The predicted molar refractivity (Wildman–Crippen MR) is 549 cm³/mol. The van der Waals surface area contributed by atoms with Gasteiger partial charge in [0.1, 0.15) is 56.9 Å². The number of hydrogen-bond donors (Lipinski definition) is 17. The first kappa shape index (κ1) is 133. The van der Waals surface area contributed by atoms with E-state index in [0.717, 1.165) is 116 Å². The Morgan fingerprint density at radius 2 is 0.566 bits per heavy atom. The summed E-state index contributed by atoms with van der Waals surface area (Å²) in [6.07, 6.45) is 46.4. The number of carbonyl (C=O) groups is 16. The second kappa shape index (κ2) is 93.1. The third kappa shape index (κ3) is 80.4. The van der Waals surface area contributed by atoms with E-state index in [0.29, 0.717) is 83.2 Å². The van der Waals surface area contributed by atoms with E-state index in [9.17, 15) is 92.0 Å². The van der Waals surface area contributed by atoms with Gasteiger partial charge in [0.15, 0.2) is 0 Å². The maximum Gasteiger partial charge on any atom is 0.326 e. The minimum absolute atomic E-state index is 0.0188. The van der Waals surface area contributed by atoms with Crippen LogP contribution in [-0.2, 0) is 115 Å². The molecule has 0 aromatic carbocycles. The number of aliphatic carboxylic acids is 5. The quantitative estimate of drug-likeness (QED) is 0.0153. The second-order valence-electron chi connectivity index (χ2n) is 38.3. The number of hydrogen-bond acceptors (Lipinski definition) is 26. The highest BCUT2D eigenvalue weighted by Gasteiger charge is 2.33. The first-order chi connectivity index (χ1) is 70.3. The van der Waals surface area contributed by atoms with E-state index in [-0.39, 0.29) is 243 Å². The van der Waals surface area contributed by atoms with Crippen molar-refractivity contribution in [2.45, 2.75) is 364 Å². The van der Waals surface area contributed by atoms with Crippen LogP contribution in [0.2, 0.25) is 0 Å². The summed E-state index contributed by atoms with van der Waals surface area (Å²) in [7, 11) is 2.18. The van der Waals surface area contributed by atoms with Crippen LogP contribution in [0, 0.1) is 29.6 Å². The monoisotopic (exact) mass is 2090 g/mol. The smallest absolute Gasteiger partial charge is 0.326 e. The molecule has 41 nitrogen and oxygen atoms in total. The Morgan fingerprint density at radius 3 is 0.917 bits per heavy atom. The zero-order valence-corrected chi connectivity index (χ0v) is 88.2. The molecule has 17 N–H and O–H groups in total. The molecule has 0 bridgehead atoms. The molecule has 6 atom stereocenters. The third-order valence-corrected chi connectivity index (χ3v) is 26.3. The summed E-state index contributed by atoms with van der Waals surface area (Å²) in [5.41, 5.74) is 0. The predicted octanol–water partition coefficient (Wildman–Crippen LogP) is 9.13. The van der Waals surface area contributed by atoms with Crippen LogP contribution in [-0.4, -0.2) is 310 Å². The van der Waals surface area contributed by atoms with Gasteiger partial charge < -0.3 is 127 Å². The van der Waals surface area contributed by atoms with Crippen molar-refractivity contribution < 1.29 is 140 Å². The summed E-state index contributed by atoms with van der Waals surface area (Å²) >= 11 is 0. The van der Waals surface area contributed by atoms with Crippen molar-refractivity contribution in [1.29, 1.82) is 0 Å². The Bertz CT molecular complexity index is 3480. The number of carboxylic acid groups (broad SMARTS) is 5. The van der Waals surface area contributed by atoms with Crippen molar-refractivity contribution in [2.75, 3.05) is 165 Å². The van der Waals surface area contributed by atoms with Crippen molar-refractivity contribution in [2.24, 2.45) is 29.6 Å². The summed E-state index contributed by atoms with van der Waals surface area (Å²) in [4.78, 5) is 196. The van der Waals surface area contributed by atoms with Crippen LogP contribution in [0.5, 0.6) is 0 Å². The van der Waals surface area contributed by atoms with E-state index in [1.54, 1.807) is 0 Å². The molecule has 2 rings (SSSR count). The van der Waals surface area contributed by atoms with Gasteiger partial charge in [-0.15, -0.1) is 0 Å². The van der Waals surface area contributed by atoms with Crippen molar-refractivity contribution in [1.82, 2.24) is 63.6 Å². The SMILES string of the molecule is O=CC(CCCCCCCCCCCCCCCCCC(=O)O)CNC[C@H]1CC[C@H](C(=O)N[C@@H](CCC(=O)NCCOCCOCC(=O)NCCOCCOCC(=O)NCCCC[C@H](NC(=O)COCCOCCNC(=O)COCCOCCNC(=O)CC[C@H](NC(=O)[C@H]2CC[C@H](CNC(=O)CCCCCCCCCCCCCCCCCCC(=O)O)CC2)C(=O)O)C(=O)NCCCC[C@H](NP)C(=O)O)C(=O)O)CC1. The first-order valence-corrected chi connectivity index (χ1v) is 55.0. The molecule has 145 heavy (non-hydrogen) atoms. The molecule has 0 radical (unpaired) electrons.